The molecule has 33 heavy (non-hydrogen) atoms. The van der Waals surface area contributed by atoms with Gasteiger partial charge in [0, 0.05) is 42.2 Å². The van der Waals surface area contributed by atoms with E-state index in [-0.39, 0.29) is 11.4 Å². The third kappa shape index (κ3) is 5.00. The number of aliphatic hydroxyl groups is 1. The lowest BCUT2D eigenvalue weighted by atomic mass is 9.89. The van der Waals surface area contributed by atoms with E-state index in [4.69, 9.17) is 4.74 Å². The molecule has 1 aromatic heterocycles. The Bertz CT molecular complexity index is 1100. The van der Waals surface area contributed by atoms with Crippen LogP contribution in [0.15, 0.2) is 53.9 Å². The van der Waals surface area contributed by atoms with E-state index in [9.17, 15) is 18.3 Å². The van der Waals surface area contributed by atoms with Gasteiger partial charge < -0.3 is 15.2 Å². The number of aliphatic hydroxyl groups excluding tert-OH is 1. The molecule has 0 spiro atoms. The quantitative estimate of drug-likeness (QED) is 0.493. The Morgan fingerprint density at radius 2 is 1.94 bits per heavy atom. The first-order valence-corrected chi connectivity index (χ1v) is 11.4. The van der Waals surface area contributed by atoms with Crippen LogP contribution in [0.3, 0.4) is 0 Å². The van der Waals surface area contributed by atoms with E-state index in [1.54, 1.807) is 0 Å². The molecule has 0 aliphatic carbocycles. The lowest BCUT2D eigenvalue weighted by Gasteiger charge is -2.28. The summed E-state index contributed by atoms with van der Waals surface area (Å²) in [5.41, 5.74) is 0.536. The van der Waals surface area contributed by atoms with Crippen LogP contribution < -0.4 is 10.1 Å². The van der Waals surface area contributed by atoms with Gasteiger partial charge in [-0.3, -0.25) is 4.90 Å². The highest BCUT2D eigenvalue weighted by atomic mass is 32.1. The summed E-state index contributed by atoms with van der Waals surface area (Å²) in [6.45, 7) is 4.80. The summed E-state index contributed by atoms with van der Waals surface area (Å²) in [6, 6.07) is 13.7. The minimum Gasteiger partial charge on any atom is -0.486 e. The van der Waals surface area contributed by atoms with E-state index in [1.165, 1.54) is 30.5 Å². The monoisotopic (exact) mass is 477 g/mol. The van der Waals surface area contributed by atoms with Crippen LogP contribution in [-0.4, -0.2) is 40.9 Å². The highest BCUT2D eigenvalue weighted by molar-refractivity contribution is 7.13. The molecule has 0 amide bonds. The standard InChI is InChI=1S/C24H26F3N3O2S/c1-23(2)14-30(12-16-13-33-21(29-16)15-7-5-4-6-8-15)22(31)20(23)32-17-9-10-19(28-3)18(11-17)24(25,26)27/h4-11,13,20,22,28,31H,12,14H2,1-3H3. The number of hydrogen-bond donors (Lipinski definition) is 2. The predicted octanol–water partition coefficient (Wildman–Crippen LogP) is 5.48. The Morgan fingerprint density at radius 1 is 1.21 bits per heavy atom. The molecule has 1 fully saturated rings. The van der Waals surface area contributed by atoms with Gasteiger partial charge in [0.15, 0.2) is 0 Å². The van der Waals surface area contributed by atoms with Crippen molar-refractivity contribution in [2.45, 2.75) is 38.9 Å². The Kier molecular flexibility index (Phi) is 6.39. The van der Waals surface area contributed by atoms with Crippen LogP contribution >= 0.6 is 11.3 Å². The zero-order valence-corrected chi connectivity index (χ0v) is 19.4. The van der Waals surface area contributed by atoms with E-state index in [0.29, 0.717) is 13.1 Å². The molecule has 9 heteroatoms. The third-order valence-corrected chi connectivity index (χ3v) is 6.73. The molecule has 0 bridgehead atoms. The Hall–Kier alpha value is -2.62. The number of alkyl halides is 3. The topological polar surface area (TPSA) is 57.6 Å². The average molecular weight is 478 g/mol. The fourth-order valence-corrected chi connectivity index (χ4v) is 4.99. The number of thiazole rings is 1. The minimum atomic E-state index is -4.52. The van der Waals surface area contributed by atoms with E-state index >= 15 is 0 Å². The maximum Gasteiger partial charge on any atom is 0.418 e. The van der Waals surface area contributed by atoms with Crippen molar-refractivity contribution in [3.63, 3.8) is 0 Å². The smallest absolute Gasteiger partial charge is 0.418 e. The van der Waals surface area contributed by atoms with Gasteiger partial charge in [-0.2, -0.15) is 13.2 Å². The molecular formula is C24H26F3N3O2S. The molecule has 0 saturated carbocycles. The van der Waals surface area contributed by atoms with Crippen LogP contribution in [0.25, 0.3) is 10.6 Å². The van der Waals surface area contributed by atoms with Gasteiger partial charge in [-0.1, -0.05) is 44.2 Å². The van der Waals surface area contributed by atoms with Crippen LogP contribution in [0.2, 0.25) is 0 Å². The summed E-state index contributed by atoms with van der Waals surface area (Å²) in [5, 5.41) is 16.4. The van der Waals surface area contributed by atoms with Crippen molar-refractivity contribution in [1.29, 1.82) is 0 Å². The van der Waals surface area contributed by atoms with E-state index < -0.39 is 29.5 Å². The molecule has 176 valence electrons. The summed E-state index contributed by atoms with van der Waals surface area (Å²) in [5.74, 6) is 0.0697. The summed E-state index contributed by atoms with van der Waals surface area (Å²) in [6.07, 6.45) is -6.21. The second-order valence-corrected chi connectivity index (χ2v) is 9.67. The summed E-state index contributed by atoms with van der Waals surface area (Å²) in [7, 11) is 1.44. The van der Waals surface area contributed by atoms with Crippen LogP contribution in [0.4, 0.5) is 18.9 Å². The number of rotatable bonds is 6. The van der Waals surface area contributed by atoms with Gasteiger partial charge in [-0.25, -0.2) is 4.98 Å². The van der Waals surface area contributed by atoms with Gasteiger partial charge in [-0.05, 0) is 18.2 Å². The van der Waals surface area contributed by atoms with Gasteiger partial charge in [-0.15, -0.1) is 11.3 Å². The first-order chi connectivity index (χ1) is 15.6. The van der Waals surface area contributed by atoms with Crippen LogP contribution in [0.5, 0.6) is 5.75 Å². The Labute approximate surface area is 194 Å². The summed E-state index contributed by atoms with van der Waals surface area (Å²) >= 11 is 1.53. The molecule has 4 rings (SSSR count). The average Bonchev–Trinajstić information content (AvgIpc) is 3.32. The SMILES string of the molecule is CNc1ccc(OC2C(O)N(Cc3csc(-c4ccccc4)n3)CC2(C)C)cc1C(F)(F)F. The fourth-order valence-electron chi connectivity index (χ4n) is 4.17. The number of aromatic nitrogens is 1. The lowest BCUT2D eigenvalue weighted by Crippen LogP contribution is -2.40. The predicted molar refractivity (Wildman–Crippen MR) is 123 cm³/mol. The number of nitrogens with zero attached hydrogens (tertiary/aromatic N) is 2. The lowest BCUT2D eigenvalue weighted by molar-refractivity contribution is -0.137. The molecule has 1 saturated heterocycles. The summed E-state index contributed by atoms with van der Waals surface area (Å²) < 4.78 is 46.2. The van der Waals surface area contributed by atoms with Gasteiger partial charge in [0.25, 0.3) is 0 Å². The molecule has 5 nitrogen and oxygen atoms in total. The van der Waals surface area contributed by atoms with Gasteiger partial charge in [0.1, 0.15) is 23.1 Å². The second kappa shape index (κ2) is 8.96. The maximum atomic E-state index is 13.4. The molecule has 2 heterocycles. The second-order valence-electron chi connectivity index (χ2n) is 8.81. The summed E-state index contributed by atoms with van der Waals surface area (Å²) in [4.78, 5) is 6.53. The van der Waals surface area contributed by atoms with Crippen molar-refractivity contribution in [2.75, 3.05) is 18.9 Å². The number of nitrogens with one attached hydrogen (secondary N) is 1. The fraction of sp³-hybridized carbons (Fsp3) is 0.375. The molecule has 3 aromatic rings. The first kappa shape index (κ1) is 23.5. The first-order valence-electron chi connectivity index (χ1n) is 10.6. The van der Waals surface area contributed by atoms with Crippen molar-refractivity contribution in [3.05, 3.63) is 65.2 Å². The number of ether oxygens (including phenoxy) is 1. The molecule has 2 aromatic carbocycles. The van der Waals surface area contributed by atoms with E-state index in [2.05, 4.69) is 10.3 Å². The Balaban J connectivity index is 1.51. The van der Waals surface area contributed by atoms with Crippen LogP contribution in [0.1, 0.15) is 25.1 Å². The molecular weight excluding hydrogens is 451 g/mol. The largest absolute Gasteiger partial charge is 0.486 e. The van der Waals surface area contributed by atoms with E-state index in [1.807, 2.05) is 54.5 Å². The third-order valence-electron chi connectivity index (χ3n) is 5.79. The van der Waals surface area contributed by atoms with Crippen molar-refractivity contribution in [2.24, 2.45) is 5.41 Å². The van der Waals surface area contributed by atoms with E-state index in [0.717, 1.165) is 22.3 Å². The number of hydrogen-bond acceptors (Lipinski definition) is 6. The van der Waals surface area contributed by atoms with Crippen LogP contribution in [-0.2, 0) is 12.7 Å². The molecule has 0 radical (unpaired) electrons. The zero-order chi connectivity index (χ0) is 23.8. The number of halogens is 3. The van der Waals surface area contributed by atoms with Crippen molar-refractivity contribution in [1.82, 2.24) is 9.88 Å². The van der Waals surface area contributed by atoms with Gasteiger partial charge in [0.2, 0.25) is 0 Å². The molecule has 2 unspecified atom stereocenters. The Morgan fingerprint density at radius 3 is 2.61 bits per heavy atom. The van der Waals surface area contributed by atoms with Gasteiger partial charge >= 0.3 is 6.18 Å². The number of anilines is 1. The minimum absolute atomic E-state index is 0.0274. The molecule has 1 aliphatic heterocycles. The highest BCUT2D eigenvalue weighted by Gasteiger charge is 2.48. The normalized spacial score (nSPS) is 20.7. The van der Waals surface area contributed by atoms with Crippen molar-refractivity contribution in [3.8, 4) is 16.3 Å². The molecule has 2 N–H and O–H groups in total. The molecule has 2 atom stereocenters. The number of likely N-dealkylation sites (tertiary alicyclic amines) is 1. The maximum absolute atomic E-state index is 13.4. The van der Waals surface area contributed by atoms with Gasteiger partial charge in [0.05, 0.1) is 11.3 Å². The molecule has 1 aliphatic rings. The highest BCUT2D eigenvalue weighted by Crippen LogP contribution is 2.41. The van der Waals surface area contributed by atoms with Crippen molar-refractivity contribution >= 4 is 17.0 Å². The number of benzene rings is 2. The van der Waals surface area contributed by atoms with Crippen LogP contribution in [0, 0.1) is 5.41 Å². The zero-order valence-electron chi connectivity index (χ0n) is 18.6. The van der Waals surface area contributed by atoms with Crippen molar-refractivity contribution < 1.29 is 23.0 Å².